The van der Waals surface area contributed by atoms with Crippen LogP contribution >= 0.6 is 0 Å². The summed E-state index contributed by atoms with van der Waals surface area (Å²) in [5.74, 6) is 0.147. The zero-order chi connectivity index (χ0) is 20.0. The molecule has 1 aliphatic rings. The molecule has 27 heavy (non-hydrogen) atoms. The van der Waals surface area contributed by atoms with E-state index in [2.05, 4.69) is 9.88 Å². The number of hydrogen-bond donors (Lipinski definition) is 0. The summed E-state index contributed by atoms with van der Waals surface area (Å²) in [5, 5.41) is 0. The molecule has 2 rings (SSSR count). The van der Waals surface area contributed by atoms with Gasteiger partial charge in [-0.3, -0.25) is 9.88 Å². The van der Waals surface area contributed by atoms with Crippen LogP contribution in [0.1, 0.15) is 36.7 Å². The molecule has 1 amide bonds. The third kappa shape index (κ3) is 6.09. The van der Waals surface area contributed by atoms with E-state index < -0.39 is 11.6 Å². The maximum atomic E-state index is 12.1. The molecule has 8 heteroatoms. The van der Waals surface area contributed by atoms with Gasteiger partial charge in [-0.15, -0.1) is 0 Å². The molecule has 0 aliphatic carbocycles. The third-order valence-corrected chi connectivity index (χ3v) is 4.26. The smallest absolute Gasteiger partial charge is 0.410 e. The normalized spacial score (nSPS) is 15.4. The van der Waals surface area contributed by atoms with Gasteiger partial charge in [0.05, 0.1) is 18.9 Å². The molecular weight excluding hydrogens is 350 g/mol. The number of pyridine rings is 1. The standard InChI is InChI=1S/C19H29N3O5/c1-14-15(17(23)25-5)12-20-13-16(14)26-11-10-21-6-8-22(9-7-21)18(24)27-19(2,3)4/h12-13H,6-11H2,1-5H3. The van der Waals surface area contributed by atoms with Crippen LogP contribution in [0, 0.1) is 6.92 Å². The fraction of sp³-hybridized carbons (Fsp3) is 0.632. The molecule has 0 atom stereocenters. The van der Waals surface area contributed by atoms with Crippen LogP contribution in [0.3, 0.4) is 0 Å². The Kier molecular flexibility index (Phi) is 7.01. The van der Waals surface area contributed by atoms with Crippen molar-refractivity contribution in [3.63, 3.8) is 0 Å². The number of hydrogen-bond acceptors (Lipinski definition) is 7. The lowest BCUT2D eigenvalue weighted by Crippen LogP contribution is -2.50. The third-order valence-electron chi connectivity index (χ3n) is 4.26. The van der Waals surface area contributed by atoms with E-state index in [1.807, 2.05) is 27.7 Å². The summed E-state index contributed by atoms with van der Waals surface area (Å²) in [5.41, 5.74) is 0.639. The van der Waals surface area contributed by atoms with Gasteiger partial charge in [0.25, 0.3) is 0 Å². The molecule has 0 radical (unpaired) electrons. The molecule has 1 saturated heterocycles. The Morgan fingerprint density at radius 1 is 1.15 bits per heavy atom. The van der Waals surface area contributed by atoms with Crippen molar-refractivity contribution in [3.8, 4) is 5.75 Å². The van der Waals surface area contributed by atoms with E-state index in [1.54, 1.807) is 11.1 Å². The van der Waals surface area contributed by atoms with Crippen LogP contribution in [0.4, 0.5) is 4.79 Å². The summed E-state index contributed by atoms with van der Waals surface area (Å²) in [6.45, 7) is 11.4. The number of piperazine rings is 1. The minimum absolute atomic E-state index is 0.264. The van der Waals surface area contributed by atoms with Crippen molar-refractivity contribution in [1.82, 2.24) is 14.8 Å². The number of methoxy groups -OCH3 is 1. The first-order valence-electron chi connectivity index (χ1n) is 9.07. The first kappa shape index (κ1) is 21.0. The van der Waals surface area contributed by atoms with Crippen molar-refractivity contribution in [2.75, 3.05) is 46.4 Å². The number of carbonyl (C=O) groups is 2. The molecule has 0 unspecified atom stereocenters. The second-order valence-corrected chi connectivity index (χ2v) is 7.46. The van der Waals surface area contributed by atoms with Gasteiger partial charge >= 0.3 is 12.1 Å². The van der Waals surface area contributed by atoms with E-state index in [9.17, 15) is 9.59 Å². The Hall–Kier alpha value is -2.35. The lowest BCUT2D eigenvalue weighted by atomic mass is 10.1. The minimum Gasteiger partial charge on any atom is -0.490 e. The van der Waals surface area contributed by atoms with Gasteiger partial charge in [-0.25, -0.2) is 9.59 Å². The Morgan fingerprint density at radius 2 is 1.81 bits per heavy atom. The van der Waals surface area contributed by atoms with Crippen LogP contribution < -0.4 is 4.74 Å². The van der Waals surface area contributed by atoms with Crippen LogP contribution in [0.15, 0.2) is 12.4 Å². The lowest BCUT2D eigenvalue weighted by Gasteiger charge is -2.35. The van der Waals surface area contributed by atoms with E-state index in [0.717, 1.165) is 19.6 Å². The number of ether oxygens (including phenoxy) is 3. The molecule has 1 fully saturated rings. The number of carbonyl (C=O) groups excluding carboxylic acids is 2. The minimum atomic E-state index is -0.479. The summed E-state index contributed by atoms with van der Waals surface area (Å²) < 4.78 is 15.9. The molecular formula is C19H29N3O5. The van der Waals surface area contributed by atoms with Gasteiger partial charge in [0.15, 0.2) is 0 Å². The number of rotatable bonds is 5. The second-order valence-electron chi connectivity index (χ2n) is 7.46. The molecule has 0 spiro atoms. The van der Waals surface area contributed by atoms with E-state index in [1.165, 1.54) is 13.3 Å². The quantitative estimate of drug-likeness (QED) is 0.725. The van der Waals surface area contributed by atoms with E-state index >= 15 is 0 Å². The monoisotopic (exact) mass is 379 g/mol. The van der Waals surface area contributed by atoms with Gasteiger partial charge in [0.2, 0.25) is 0 Å². The van der Waals surface area contributed by atoms with Crippen LogP contribution in [0.2, 0.25) is 0 Å². The maximum Gasteiger partial charge on any atom is 0.410 e. The number of nitrogens with zero attached hydrogens (tertiary/aromatic N) is 3. The molecule has 0 N–H and O–H groups in total. The van der Waals surface area contributed by atoms with Crippen molar-refractivity contribution in [1.29, 1.82) is 0 Å². The van der Waals surface area contributed by atoms with Crippen LogP contribution in [-0.2, 0) is 9.47 Å². The Balaban J connectivity index is 1.78. The topological polar surface area (TPSA) is 81.2 Å². The predicted octanol–water partition coefficient (Wildman–Crippen LogP) is 2.11. The molecule has 150 valence electrons. The molecule has 8 nitrogen and oxygen atoms in total. The predicted molar refractivity (Wildman–Crippen MR) is 100 cm³/mol. The van der Waals surface area contributed by atoms with Gasteiger partial charge in [-0.05, 0) is 27.7 Å². The van der Waals surface area contributed by atoms with Gasteiger partial charge < -0.3 is 19.1 Å². The lowest BCUT2D eigenvalue weighted by molar-refractivity contribution is 0.0136. The molecule has 0 bridgehead atoms. The van der Waals surface area contributed by atoms with Gasteiger partial charge in [0.1, 0.15) is 18.0 Å². The fourth-order valence-electron chi connectivity index (χ4n) is 2.73. The number of esters is 1. The van der Waals surface area contributed by atoms with Crippen LogP contribution in [-0.4, -0.2) is 78.9 Å². The second kappa shape index (κ2) is 9.03. The van der Waals surface area contributed by atoms with Crippen molar-refractivity contribution in [3.05, 3.63) is 23.5 Å². The molecule has 2 heterocycles. The summed E-state index contributed by atoms with van der Waals surface area (Å²) in [4.78, 5) is 31.8. The zero-order valence-electron chi connectivity index (χ0n) is 16.8. The SMILES string of the molecule is COC(=O)c1cncc(OCCN2CCN(C(=O)OC(C)(C)C)CC2)c1C. The van der Waals surface area contributed by atoms with Gasteiger partial charge in [0, 0.05) is 44.5 Å². The highest BCUT2D eigenvalue weighted by atomic mass is 16.6. The zero-order valence-corrected chi connectivity index (χ0v) is 16.8. The number of amides is 1. The molecule has 1 aromatic rings. The maximum absolute atomic E-state index is 12.1. The largest absolute Gasteiger partial charge is 0.490 e. The molecule has 0 aromatic carbocycles. The first-order valence-corrected chi connectivity index (χ1v) is 9.07. The first-order chi connectivity index (χ1) is 12.7. The number of aromatic nitrogens is 1. The molecule has 1 aromatic heterocycles. The molecule has 1 aliphatic heterocycles. The summed E-state index contributed by atoms with van der Waals surface area (Å²) >= 11 is 0. The molecule has 0 saturated carbocycles. The van der Waals surface area contributed by atoms with Crippen LogP contribution in [0.25, 0.3) is 0 Å². The van der Waals surface area contributed by atoms with Crippen molar-refractivity contribution in [2.45, 2.75) is 33.3 Å². The highest BCUT2D eigenvalue weighted by Crippen LogP contribution is 2.20. The highest BCUT2D eigenvalue weighted by molar-refractivity contribution is 5.91. The summed E-state index contributed by atoms with van der Waals surface area (Å²) in [7, 11) is 1.34. The summed E-state index contributed by atoms with van der Waals surface area (Å²) in [6, 6.07) is 0. The average Bonchev–Trinajstić information content (AvgIpc) is 2.61. The highest BCUT2D eigenvalue weighted by Gasteiger charge is 2.25. The van der Waals surface area contributed by atoms with Crippen molar-refractivity contribution in [2.24, 2.45) is 0 Å². The Labute approximate surface area is 160 Å². The van der Waals surface area contributed by atoms with Crippen LogP contribution in [0.5, 0.6) is 5.75 Å². The Morgan fingerprint density at radius 3 is 2.41 bits per heavy atom. The van der Waals surface area contributed by atoms with Gasteiger partial charge in [-0.1, -0.05) is 0 Å². The van der Waals surface area contributed by atoms with E-state index in [4.69, 9.17) is 14.2 Å². The summed E-state index contributed by atoms with van der Waals surface area (Å²) in [6.07, 6.45) is 2.81. The van der Waals surface area contributed by atoms with E-state index in [-0.39, 0.29) is 6.09 Å². The Bertz CT molecular complexity index is 664. The average molecular weight is 379 g/mol. The fourth-order valence-corrected chi connectivity index (χ4v) is 2.73. The van der Waals surface area contributed by atoms with Gasteiger partial charge in [-0.2, -0.15) is 0 Å². The van der Waals surface area contributed by atoms with Crippen molar-refractivity contribution >= 4 is 12.1 Å². The van der Waals surface area contributed by atoms with Crippen molar-refractivity contribution < 1.29 is 23.8 Å². The van der Waals surface area contributed by atoms with E-state index in [0.29, 0.717) is 36.6 Å².